The first-order valence-corrected chi connectivity index (χ1v) is 11.3. The molecule has 2 aromatic carbocycles. The molecule has 2 N–H and O–H groups in total. The molecule has 1 fully saturated rings. The number of carbonyl (C=O) groups is 1. The molecule has 2 aromatic rings. The minimum absolute atomic E-state index is 0.0364. The smallest absolute Gasteiger partial charge is 0.249 e. The summed E-state index contributed by atoms with van der Waals surface area (Å²) in [4.78, 5) is 14.3. The lowest BCUT2D eigenvalue weighted by atomic mass is 10.0. The Hall–Kier alpha value is -3.54. The maximum atomic E-state index is 12.5. The van der Waals surface area contributed by atoms with Gasteiger partial charge in [0.2, 0.25) is 5.91 Å². The quantitative estimate of drug-likeness (QED) is 0.630. The molecule has 0 radical (unpaired) electrons. The fraction of sp³-hybridized carbons (Fsp3) is 0.320. The highest BCUT2D eigenvalue weighted by atomic mass is 35.5. The molecule has 0 aliphatic carbocycles. The minimum Gasteiger partial charge on any atom is -0.508 e. The number of rotatable bonds is 7. The molecule has 1 atom stereocenters. The summed E-state index contributed by atoms with van der Waals surface area (Å²) in [5.41, 5.74) is 2.85. The molecule has 2 aliphatic rings. The fourth-order valence-corrected chi connectivity index (χ4v) is 3.87. The van der Waals surface area contributed by atoms with E-state index in [4.69, 9.17) is 26.7 Å². The summed E-state index contributed by atoms with van der Waals surface area (Å²) < 4.78 is 5.30. The number of amides is 1. The van der Waals surface area contributed by atoms with Crippen molar-refractivity contribution in [2.24, 2.45) is 5.10 Å². The molecule has 0 saturated carbocycles. The first kappa shape index (κ1) is 25.1. The minimum atomic E-state index is -0.187. The summed E-state index contributed by atoms with van der Waals surface area (Å²) in [6, 6.07) is 16.2. The van der Waals surface area contributed by atoms with Crippen molar-refractivity contribution in [2.75, 3.05) is 32.8 Å². The SMILES string of the molecule is C=C(NCCc1ccc(O)cc1)N1CC(N2CCOCC2=O)C(c2ccc(Cl)cc2)=N1.CC#N. The van der Waals surface area contributed by atoms with Crippen LogP contribution >= 0.6 is 11.6 Å². The number of halogens is 1. The van der Waals surface area contributed by atoms with Gasteiger partial charge in [-0.15, -0.1) is 0 Å². The van der Waals surface area contributed by atoms with Crippen LogP contribution in [-0.4, -0.2) is 65.5 Å². The highest BCUT2D eigenvalue weighted by Gasteiger charge is 2.37. The summed E-state index contributed by atoms with van der Waals surface area (Å²) >= 11 is 6.05. The second kappa shape index (κ2) is 12.1. The second-order valence-electron chi connectivity index (χ2n) is 7.74. The van der Waals surface area contributed by atoms with E-state index >= 15 is 0 Å². The van der Waals surface area contributed by atoms with Gasteiger partial charge in [-0.2, -0.15) is 10.4 Å². The molecule has 4 rings (SSSR count). The number of hydrogen-bond donors (Lipinski definition) is 2. The fourth-order valence-electron chi connectivity index (χ4n) is 3.74. The van der Waals surface area contributed by atoms with E-state index in [9.17, 15) is 9.90 Å². The molecule has 0 aromatic heterocycles. The molecule has 9 heteroatoms. The molecular weight excluding hydrogens is 454 g/mol. The third kappa shape index (κ3) is 6.50. The molecular formula is C25H28ClN5O3. The van der Waals surface area contributed by atoms with E-state index in [0.29, 0.717) is 37.1 Å². The number of nitrogens with zero attached hydrogens (tertiary/aromatic N) is 4. The Kier molecular flexibility index (Phi) is 8.91. The zero-order valence-electron chi connectivity index (χ0n) is 19.1. The summed E-state index contributed by atoms with van der Waals surface area (Å²) in [5.74, 6) is 0.894. The number of benzene rings is 2. The van der Waals surface area contributed by atoms with Crippen LogP contribution in [0.15, 0.2) is 66.0 Å². The zero-order chi connectivity index (χ0) is 24.5. The van der Waals surface area contributed by atoms with Gasteiger partial charge >= 0.3 is 0 Å². The lowest BCUT2D eigenvalue weighted by Crippen LogP contribution is -2.52. The Bertz CT molecular complexity index is 1060. The molecule has 2 aliphatic heterocycles. The van der Waals surface area contributed by atoms with Gasteiger partial charge in [0.25, 0.3) is 0 Å². The summed E-state index contributed by atoms with van der Waals surface area (Å²) in [6.45, 7) is 7.91. The van der Waals surface area contributed by atoms with Crippen molar-refractivity contribution in [1.29, 1.82) is 5.26 Å². The summed E-state index contributed by atoms with van der Waals surface area (Å²) in [5, 5.41) is 27.3. The van der Waals surface area contributed by atoms with E-state index in [-0.39, 0.29) is 24.3 Å². The van der Waals surface area contributed by atoms with E-state index in [1.165, 1.54) is 6.92 Å². The van der Waals surface area contributed by atoms with Crippen LogP contribution < -0.4 is 5.32 Å². The van der Waals surface area contributed by atoms with Crippen LogP contribution in [0.1, 0.15) is 18.1 Å². The standard InChI is InChI=1S/C23H25ClN4O3.C2H3N/c1-16(25-11-10-17-2-8-20(29)9-3-17)28-14-21(27-12-13-31-15-22(27)30)23(26-28)18-4-6-19(24)7-5-18;1-2-3/h2-9,21,25,29H,1,10-15H2;1H3. The van der Waals surface area contributed by atoms with Crippen LogP contribution in [0, 0.1) is 11.3 Å². The van der Waals surface area contributed by atoms with Crippen LogP contribution in [0.4, 0.5) is 0 Å². The second-order valence-corrected chi connectivity index (χ2v) is 8.18. The highest BCUT2D eigenvalue weighted by molar-refractivity contribution is 6.30. The predicted molar refractivity (Wildman–Crippen MR) is 131 cm³/mol. The molecule has 0 spiro atoms. The molecule has 34 heavy (non-hydrogen) atoms. The number of nitriles is 1. The van der Waals surface area contributed by atoms with E-state index in [2.05, 4.69) is 11.9 Å². The molecule has 1 amide bonds. The molecule has 1 unspecified atom stereocenters. The normalized spacial score (nSPS) is 17.4. The Morgan fingerprint density at radius 1 is 1.29 bits per heavy atom. The monoisotopic (exact) mass is 481 g/mol. The van der Waals surface area contributed by atoms with Gasteiger partial charge < -0.3 is 20.1 Å². The zero-order valence-corrected chi connectivity index (χ0v) is 19.8. The van der Waals surface area contributed by atoms with Gasteiger partial charge in [0.1, 0.15) is 18.2 Å². The number of phenols is 1. The van der Waals surface area contributed by atoms with Crippen molar-refractivity contribution in [1.82, 2.24) is 15.2 Å². The first-order valence-electron chi connectivity index (χ1n) is 10.9. The average molecular weight is 482 g/mol. The van der Waals surface area contributed by atoms with Crippen molar-refractivity contribution in [3.63, 3.8) is 0 Å². The van der Waals surface area contributed by atoms with Crippen molar-refractivity contribution >= 4 is 23.2 Å². The molecule has 1 saturated heterocycles. The van der Waals surface area contributed by atoms with Gasteiger partial charge in [-0.1, -0.05) is 42.4 Å². The third-order valence-corrected chi connectivity index (χ3v) is 5.67. The number of morpholine rings is 1. The largest absolute Gasteiger partial charge is 0.508 e. The predicted octanol–water partition coefficient (Wildman–Crippen LogP) is 3.13. The average Bonchev–Trinajstić information content (AvgIpc) is 3.27. The Morgan fingerprint density at radius 2 is 1.97 bits per heavy atom. The summed E-state index contributed by atoms with van der Waals surface area (Å²) in [7, 11) is 0. The maximum Gasteiger partial charge on any atom is 0.249 e. The number of ether oxygens (including phenoxy) is 1. The topological polar surface area (TPSA) is 101 Å². The van der Waals surface area contributed by atoms with Crippen molar-refractivity contribution in [2.45, 2.75) is 19.4 Å². The van der Waals surface area contributed by atoms with Crippen molar-refractivity contribution in [3.8, 4) is 11.8 Å². The van der Waals surface area contributed by atoms with Gasteiger partial charge in [-0.25, -0.2) is 5.01 Å². The van der Waals surface area contributed by atoms with Gasteiger partial charge in [-0.3, -0.25) is 4.79 Å². The van der Waals surface area contributed by atoms with Crippen molar-refractivity contribution in [3.05, 3.63) is 77.1 Å². The number of hydrazone groups is 1. The molecule has 8 nitrogen and oxygen atoms in total. The number of phenolic OH excluding ortho intramolecular Hbond substituents is 1. The van der Waals surface area contributed by atoms with Crippen LogP contribution in [0.25, 0.3) is 0 Å². The lowest BCUT2D eigenvalue weighted by molar-refractivity contribution is -0.143. The number of hydrogen-bond acceptors (Lipinski definition) is 7. The first-order chi connectivity index (χ1) is 16.4. The highest BCUT2D eigenvalue weighted by Crippen LogP contribution is 2.23. The van der Waals surface area contributed by atoms with Crippen LogP contribution in [0.5, 0.6) is 5.75 Å². The van der Waals surface area contributed by atoms with Gasteiger partial charge in [0, 0.05) is 30.6 Å². The lowest BCUT2D eigenvalue weighted by Gasteiger charge is -2.33. The Labute approximate surface area is 204 Å². The van der Waals surface area contributed by atoms with Crippen molar-refractivity contribution < 1.29 is 14.6 Å². The van der Waals surface area contributed by atoms with Crippen LogP contribution in [0.3, 0.4) is 0 Å². The molecule has 0 bridgehead atoms. The third-order valence-electron chi connectivity index (χ3n) is 5.42. The van der Waals surface area contributed by atoms with Gasteiger partial charge in [0.05, 0.1) is 31.0 Å². The van der Waals surface area contributed by atoms with Gasteiger partial charge in [-0.05, 0) is 36.2 Å². The maximum absolute atomic E-state index is 12.5. The number of nitrogens with one attached hydrogen (secondary N) is 1. The summed E-state index contributed by atoms with van der Waals surface area (Å²) in [6.07, 6.45) is 0.784. The number of aromatic hydroxyl groups is 1. The Morgan fingerprint density at radius 3 is 2.62 bits per heavy atom. The molecule has 178 valence electrons. The Balaban J connectivity index is 0.00000103. The van der Waals surface area contributed by atoms with E-state index in [1.54, 1.807) is 18.2 Å². The van der Waals surface area contributed by atoms with Gasteiger partial charge in [0.15, 0.2) is 0 Å². The van der Waals surface area contributed by atoms with Crippen LogP contribution in [-0.2, 0) is 16.0 Å². The number of carbonyl (C=O) groups excluding carboxylic acids is 1. The van der Waals surface area contributed by atoms with E-state index in [1.807, 2.05) is 46.3 Å². The van der Waals surface area contributed by atoms with E-state index in [0.717, 1.165) is 23.3 Å². The molecule has 2 heterocycles. The van der Waals surface area contributed by atoms with E-state index < -0.39 is 0 Å². The van der Waals surface area contributed by atoms with Crippen LogP contribution in [0.2, 0.25) is 5.02 Å².